The largest absolute Gasteiger partial charge is 0.469 e. The number of rotatable bonds is 13. The van der Waals surface area contributed by atoms with E-state index < -0.39 is 0 Å². The number of carbonyl (C=O) groups is 1. The number of esters is 1. The molecule has 0 aliphatic rings. The molecule has 0 unspecified atom stereocenters. The molecule has 0 aliphatic heterocycles. The lowest BCUT2D eigenvalue weighted by molar-refractivity contribution is -0.140. The highest BCUT2D eigenvalue weighted by Gasteiger charge is 1.98. The smallest absolute Gasteiger partial charge is 0.305 e. The maximum atomic E-state index is 10.9. The minimum atomic E-state index is -0.0894. The van der Waals surface area contributed by atoms with Gasteiger partial charge in [0.1, 0.15) is 0 Å². The maximum Gasteiger partial charge on any atom is 0.305 e. The summed E-state index contributed by atoms with van der Waals surface area (Å²) >= 11 is 0. The Morgan fingerprint density at radius 2 is 1.38 bits per heavy atom. The SMILES string of the molecule is CCCC/C=C/C=C/C=C/CCCCCCCC(=O)OC. The first-order valence-corrected chi connectivity index (χ1v) is 8.36. The topological polar surface area (TPSA) is 26.3 Å². The molecule has 0 N–H and O–H groups in total. The standard InChI is InChI=1S/C19H32O2/c1-3-4-5-6-7-8-9-10-11-12-13-14-15-16-17-18-19(20)21-2/h6-11H,3-5,12-18H2,1-2H3/b7-6+,9-8+,11-10+. The maximum absolute atomic E-state index is 10.9. The van der Waals surface area contributed by atoms with Gasteiger partial charge in [0.25, 0.3) is 0 Å². The average Bonchev–Trinajstić information content (AvgIpc) is 2.50. The van der Waals surface area contributed by atoms with Crippen molar-refractivity contribution in [2.45, 2.75) is 71.1 Å². The summed E-state index contributed by atoms with van der Waals surface area (Å²) in [5.41, 5.74) is 0. The zero-order chi connectivity index (χ0) is 15.6. The summed E-state index contributed by atoms with van der Waals surface area (Å²) < 4.78 is 4.61. The van der Waals surface area contributed by atoms with Gasteiger partial charge in [-0.1, -0.05) is 75.5 Å². The molecule has 0 fully saturated rings. The fourth-order valence-electron chi connectivity index (χ4n) is 1.96. The van der Waals surface area contributed by atoms with Crippen LogP contribution in [-0.2, 0) is 9.53 Å². The molecule has 0 spiro atoms. The summed E-state index contributed by atoms with van der Waals surface area (Å²) in [5, 5.41) is 0. The third kappa shape index (κ3) is 16.6. The van der Waals surface area contributed by atoms with Gasteiger partial charge in [0.15, 0.2) is 0 Å². The van der Waals surface area contributed by atoms with Crippen molar-refractivity contribution in [1.82, 2.24) is 0 Å². The summed E-state index contributed by atoms with van der Waals surface area (Å²) in [5.74, 6) is -0.0894. The van der Waals surface area contributed by atoms with Crippen molar-refractivity contribution in [2.75, 3.05) is 7.11 Å². The van der Waals surface area contributed by atoms with E-state index in [0.29, 0.717) is 6.42 Å². The molecule has 0 aromatic carbocycles. The van der Waals surface area contributed by atoms with Gasteiger partial charge in [0.2, 0.25) is 0 Å². The number of hydrogen-bond donors (Lipinski definition) is 0. The van der Waals surface area contributed by atoms with Gasteiger partial charge in [-0.05, 0) is 25.7 Å². The highest BCUT2D eigenvalue weighted by atomic mass is 16.5. The number of ether oxygens (including phenoxy) is 1. The van der Waals surface area contributed by atoms with Crippen LogP contribution in [-0.4, -0.2) is 13.1 Å². The Kier molecular flexibility index (Phi) is 15.7. The average molecular weight is 292 g/mol. The molecule has 0 amide bonds. The molecule has 0 rings (SSSR count). The van der Waals surface area contributed by atoms with Gasteiger partial charge in [-0.3, -0.25) is 4.79 Å². The number of allylic oxidation sites excluding steroid dienone is 6. The molecule has 120 valence electrons. The summed E-state index contributed by atoms with van der Waals surface area (Å²) in [6.45, 7) is 2.21. The number of hydrogen-bond acceptors (Lipinski definition) is 2. The van der Waals surface area contributed by atoms with Gasteiger partial charge in [0.05, 0.1) is 7.11 Å². The molecule has 0 saturated heterocycles. The van der Waals surface area contributed by atoms with Crippen molar-refractivity contribution < 1.29 is 9.53 Å². The number of methoxy groups -OCH3 is 1. The van der Waals surface area contributed by atoms with E-state index in [9.17, 15) is 4.79 Å². The van der Waals surface area contributed by atoms with Crippen molar-refractivity contribution in [1.29, 1.82) is 0 Å². The lowest BCUT2D eigenvalue weighted by atomic mass is 10.1. The second-order valence-corrected chi connectivity index (χ2v) is 5.27. The van der Waals surface area contributed by atoms with Crippen molar-refractivity contribution in [3.8, 4) is 0 Å². The molecule has 0 saturated carbocycles. The normalized spacial score (nSPS) is 11.9. The Balaban J connectivity index is 3.30. The van der Waals surface area contributed by atoms with Crippen LogP contribution in [0.15, 0.2) is 36.5 Å². The quantitative estimate of drug-likeness (QED) is 0.245. The summed E-state index contributed by atoms with van der Waals surface area (Å²) in [7, 11) is 1.45. The van der Waals surface area contributed by atoms with Gasteiger partial charge in [-0.15, -0.1) is 0 Å². The Bertz CT molecular complexity index is 314. The molecule has 0 aromatic heterocycles. The van der Waals surface area contributed by atoms with Crippen LogP contribution in [0, 0.1) is 0 Å². The predicted octanol–water partition coefficient (Wildman–Crippen LogP) is 5.75. The first-order chi connectivity index (χ1) is 10.3. The van der Waals surface area contributed by atoms with Gasteiger partial charge in [0, 0.05) is 6.42 Å². The van der Waals surface area contributed by atoms with Gasteiger partial charge < -0.3 is 4.74 Å². The predicted molar refractivity (Wildman–Crippen MR) is 91.3 cm³/mol. The third-order valence-electron chi connectivity index (χ3n) is 3.31. The van der Waals surface area contributed by atoms with E-state index in [2.05, 4.69) is 48.1 Å². The summed E-state index contributed by atoms with van der Waals surface area (Å²) in [6.07, 6.45) is 24.1. The van der Waals surface area contributed by atoms with Crippen LogP contribution in [0.4, 0.5) is 0 Å². The fraction of sp³-hybridized carbons (Fsp3) is 0.632. The molecule has 0 radical (unpaired) electrons. The summed E-state index contributed by atoms with van der Waals surface area (Å²) in [6, 6.07) is 0. The van der Waals surface area contributed by atoms with E-state index in [1.54, 1.807) is 0 Å². The van der Waals surface area contributed by atoms with E-state index >= 15 is 0 Å². The monoisotopic (exact) mass is 292 g/mol. The summed E-state index contributed by atoms with van der Waals surface area (Å²) in [4.78, 5) is 10.9. The van der Waals surface area contributed by atoms with Gasteiger partial charge in [-0.2, -0.15) is 0 Å². The Hall–Kier alpha value is -1.31. The molecular formula is C19H32O2. The van der Waals surface area contributed by atoms with Crippen molar-refractivity contribution >= 4 is 5.97 Å². The molecule has 21 heavy (non-hydrogen) atoms. The molecule has 0 bridgehead atoms. The van der Waals surface area contributed by atoms with Crippen LogP contribution in [0.25, 0.3) is 0 Å². The van der Waals surface area contributed by atoms with Crippen LogP contribution in [0.3, 0.4) is 0 Å². The van der Waals surface area contributed by atoms with Crippen molar-refractivity contribution in [3.63, 3.8) is 0 Å². The highest BCUT2D eigenvalue weighted by Crippen LogP contribution is 2.08. The van der Waals surface area contributed by atoms with E-state index in [1.807, 2.05) is 0 Å². The Morgan fingerprint density at radius 1 is 0.810 bits per heavy atom. The molecule has 0 aliphatic carbocycles. The van der Waals surface area contributed by atoms with Crippen LogP contribution in [0.1, 0.15) is 71.1 Å². The lowest BCUT2D eigenvalue weighted by Gasteiger charge is -1.99. The first kappa shape index (κ1) is 19.7. The van der Waals surface area contributed by atoms with E-state index in [1.165, 1.54) is 45.6 Å². The minimum absolute atomic E-state index is 0.0894. The Labute approximate surface area is 131 Å². The second kappa shape index (κ2) is 16.7. The van der Waals surface area contributed by atoms with Crippen molar-refractivity contribution in [3.05, 3.63) is 36.5 Å². The molecule has 2 heteroatoms. The third-order valence-corrected chi connectivity index (χ3v) is 3.31. The molecular weight excluding hydrogens is 260 g/mol. The first-order valence-electron chi connectivity index (χ1n) is 8.36. The second-order valence-electron chi connectivity index (χ2n) is 5.27. The van der Waals surface area contributed by atoms with E-state index in [4.69, 9.17) is 0 Å². The molecule has 2 nitrogen and oxygen atoms in total. The van der Waals surface area contributed by atoms with Crippen LogP contribution >= 0.6 is 0 Å². The minimum Gasteiger partial charge on any atom is -0.469 e. The van der Waals surface area contributed by atoms with Crippen LogP contribution in [0.2, 0.25) is 0 Å². The van der Waals surface area contributed by atoms with Crippen LogP contribution in [0.5, 0.6) is 0 Å². The number of carbonyl (C=O) groups excluding carboxylic acids is 1. The van der Waals surface area contributed by atoms with E-state index in [-0.39, 0.29) is 5.97 Å². The number of unbranched alkanes of at least 4 members (excludes halogenated alkanes) is 7. The van der Waals surface area contributed by atoms with Crippen LogP contribution < -0.4 is 0 Å². The van der Waals surface area contributed by atoms with Gasteiger partial charge >= 0.3 is 5.97 Å². The molecule has 0 atom stereocenters. The van der Waals surface area contributed by atoms with Crippen molar-refractivity contribution in [2.24, 2.45) is 0 Å². The van der Waals surface area contributed by atoms with E-state index in [0.717, 1.165) is 19.3 Å². The highest BCUT2D eigenvalue weighted by molar-refractivity contribution is 5.68. The lowest BCUT2D eigenvalue weighted by Crippen LogP contribution is -1.98. The molecule has 0 heterocycles. The fourth-order valence-corrected chi connectivity index (χ4v) is 1.96. The Morgan fingerprint density at radius 3 is 2.00 bits per heavy atom. The zero-order valence-corrected chi connectivity index (χ0v) is 13.9. The zero-order valence-electron chi connectivity index (χ0n) is 13.9. The molecule has 0 aromatic rings. The van der Waals surface area contributed by atoms with Gasteiger partial charge in [-0.25, -0.2) is 0 Å².